The van der Waals surface area contributed by atoms with Gasteiger partial charge in [-0.3, -0.25) is 4.79 Å². The van der Waals surface area contributed by atoms with E-state index in [0.29, 0.717) is 6.04 Å². The van der Waals surface area contributed by atoms with Gasteiger partial charge in [-0.2, -0.15) is 0 Å². The number of fused-ring (bicyclic) bond motifs is 1. The number of para-hydroxylation sites is 1. The van der Waals surface area contributed by atoms with Crippen LogP contribution in [0.2, 0.25) is 0 Å². The van der Waals surface area contributed by atoms with Crippen molar-refractivity contribution in [2.75, 3.05) is 11.4 Å². The monoisotopic (exact) mass is 334 g/mol. The van der Waals surface area contributed by atoms with Crippen LogP contribution in [0.15, 0.2) is 54.6 Å². The summed E-state index contributed by atoms with van der Waals surface area (Å²) in [5.74, 6) is 0.148. The second kappa shape index (κ2) is 7.30. The predicted molar refractivity (Wildman–Crippen MR) is 102 cm³/mol. The molecule has 1 aliphatic carbocycles. The smallest absolute Gasteiger partial charge is 0.247 e. The molecule has 0 aromatic heterocycles. The molecular formula is C22H26N2O. The number of nitrogens with zero attached hydrogens (tertiary/aromatic N) is 1. The maximum Gasteiger partial charge on any atom is 0.247 e. The Morgan fingerprint density at radius 2 is 1.68 bits per heavy atom. The molecule has 1 amide bonds. The van der Waals surface area contributed by atoms with E-state index in [1.165, 1.54) is 30.5 Å². The molecule has 0 saturated heterocycles. The first-order valence-electron chi connectivity index (χ1n) is 9.53. The first-order chi connectivity index (χ1) is 12.3. The van der Waals surface area contributed by atoms with Gasteiger partial charge in [-0.25, -0.2) is 0 Å². The molecule has 0 bridgehead atoms. The van der Waals surface area contributed by atoms with E-state index in [1.54, 1.807) is 0 Å². The maximum absolute atomic E-state index is 13.3. The Labute approximate surface area is 150 Å². The molecule has 1 saturated carbocycles. The van der Waals surface area contributed by atoms with E-state index >= 15 is 0 Å². The third kappa shape index (κ3) is 3.41. The van der Waals surface area contributed by atoms with Crippen molar-refractivity contribution >= 4 is 11.6 Å². The fourth-order valence-electron chi connectivity index (χ4n) is 4.27. The van der Waals surface area contributed by atoms with Gasteiger partial charge in [-0.15, -0.1) is 0 Å². The normalized spacial score (nSPS) is 18.6. The number of hydrogen-bond acceptors (Lipinski definition) is 2. The van der Waals surface area contributed by atoms with Crippen LogP contribution in [0.1, 0.15) is 49.3 Å². The number of hydrogen-bond donors (Lipinski definition) is 1. The summed E-state index contributed by atoms with van der Waals surface area (Å²) >= 11 is 0. The Balaban J connectivity index is 1.62. The van der Waals surface area contributed by atoms with Crippen molar-refractivity contribution in [3.63, 3.8) is 0 Å². The number of carbonyl (C=O) groups excluding carboxylic acids is 1. The van der Waals surface area contributed by atoms with Crippen molar-refractivity contribution in [1.82, 2.24) is 5.32 Å². The average Bonchev–Trinajstić information content (AvgIpc) is 3.08. The lowest BCUT2D eigenvalue weighted by molar-refractivity contribution is -0.123. The summed E-state index contributed by atoms with van der Waals surface area (Å²) in [6.07, 6.45) is 7.00. The third-order valence-corrected chi connectivity index (χ3v) is 5.55. The van der Waals surface area contributed by atoms with Gasteiger partial charge in [0.15, 0.2) is 0 Å². The second-order valence-electron chi connectivity index (χ2n) is 7.23. The quantitative estimate of drug-likeness (QED) is 0.907. The lowest BCUT2D eigenvalue weighted by atomic mass is 9.94. The van der Waals surface area contributed by atoms with Gasteiger partial charge in [0.05, 0.1) is 0 Å². The largest absolute Gasteiger partial charge is 0.355 e. The first kappa shape index (κ1) is 16.2. The second-order valence-corrected chi connectivity index (χ2v) is 7.23. The van der Waals surface area contributed by atoms with Gasteiger partial charge in [0, 0.05) is 18.3 Å². The maximum atomic E-state index is 13.3. The zero-order valence-corrected chi connectivity index (χ0v) is 14.7. The van der Waals surface area contributed by atoms with E-state index < -0.39 is 0 Å². The van der Waals surface area contributed by atoms with Crippen LogP contribution in [0, 0.1) is 0 Å². The van der Waals surface area contributed by atoms with Gasteiger partial charge in [-0.1, -0.05) is 67.8 Å². The van der Waals surface area contributed by atoms with Crippen molar-refractivity contribution in [3.8, 4) is 0 Å². The lowest BCUT2D eigenvalue weighted by Crippen LogP contribution is -2.44. The number of nitrogens with one attached hydrogen (secondary N) is 1. The van der Waals surface area contributed by atoms with Crippen LogP contribution in [0.5, 0.6) is 0 Å². The van der Waals surface area contributed by atoms with Crippen molar-refractivity contribution in [2.24, 2.45) is 0 Å². The highest BCUT2D eigenvalue weighted by molar-refractivity contribution is 5.87. The van der Waals surface area contributed by atoms with Gasteiger partial charge >= 0.3 is 0 Å². The summed E-state index contributed by atoms with van der Waals surface area (Å²) in [6.45, 7) is 0.900. The predicted octanol–water partition coefficient (Wildman–Crippen LogP) is 4.24. The summed E-state index contributed by atoms with van der Waals surface area (Å²) < 4.78 is 0. The summed E-state index contributed by atoms with van der Waals surface area (Å²) in [4.78, 5) is 15.5. The molecule has 1 atom stereocenters. The highest BCUT2D eigenvalue weighted by atomic mass is 16.2. The molecule has 0 spiro atoms. The van der Waals surface area contributed by atoms with Gasteiger partial charge < -0.3 is 10.2 Å². The zero-order chi connectivity index (χ0) is 17.1. The molecule has 4 rings (SSSR count). The van der Waals surface area contributed by atoms with Gasteiger partial charge in [0.1, 0.15) is 6.04 Å². The number of amides is 1. The van der Waals surface area contributed by atoms with Gasteiger partial charge in [0.2, 0.25) is 5.91 Å². The molecule has 130 valence electrons. The van der Waals surface area contributed by atoms with Crippen molar-refractivity contribution in [3.05, 3.63) is 65.7 Å². The first-order valence-corrected chi connectivity index (χ1v) is 9.53. The SMILES string of the molecule is O=C(NC1CCCCC1)[C@H](c1ccccc1)N1CCc2ccccc21. The van der Waals surface area contributed by atoms with Crippen LogP contribution in [-0.2, 0) is 11.2 Å². The Bertz CT molecular complexity index is 722. The molecular weight excluding hydrogens is 308 g/mol. The van der Waals surface area contributed by atoms with Crippen molar-refractivity contribution in [2.45, 2.75) is 50.6 Å². The fraction of sp³-hybridized carbons (Fsp3) is 0.409. The molecule has 3 heteroatoms. The fourth-order valence-corrected chi connectivity index (χ4v) is 4.27. The van der Waals surface area contributed by atoms with Gasteiger partial charge in [0.25, 0.3) is 0 Å². The number of anilines is 1. The Kier molecular flexibility index (Phi) is 4.73. The highest BCUT2D eigenvalue weighted by Gasteiger charge is 2.33. The van der Waals surface area contributed by atoms with Gasteiger partial charge in [-0.05, 0) is 36.5 Å². The molecule has 0 unspecified atom stereocenters. The lowest BCUT2D eigenvalue weighted by Gasteiger charge is -2.32. The van der Waals surface area contributed by atoms with Crippen molar-refractivity contribution < 1.29 is 4.79 Å². The number of rotatable bonds is 4. The summed E-state index contributed by atoms with van der Waals surface area (Å²) in [6, 6.07) is 18.8. The van der Waals surface area contributed by atoms with Crippen LogP contribution >= 0.6 is 0 Å². The van der Waals surface area contributed by atoms with Crippen molar-refractivity contribution in [1.29, 1.82) is 0 Å². The Morgan fingerprint density at radius 3 is 2.48 bits per heavy atom. The number of benzene rings is 2. The summed E-state index contributed by atoms with van der Waals surface area (Å²) in [5.41, 5.74) is 3.62. The minimum Gasteiger partial charge on any atom is -0.355 e. The summed E-state index contributed by atoms with van der Waals surface area (Å²) in [7, 11) is 0. The minimum absolute atomic E-state index is 0.148. The van der Waals surface area contributed by atoms with E-state index in [9.17, 15) is 4.79 Å². The van der Waals surface area contributed by atoms with Crippen LogP contribution < -0.4 is 10.2 Å². The molecule has 2 aromatic carbocycles. The topological polar surface area (TPSA) is 32.3 Å². The molecule has 3 nitrogen and oxygen atoms in total. The van der Waals surface area contributed by atoms with E-state index in [-0.39, 0.29) is 11.9 Å². The minimum atomic E-state index is -0.244. The van der Waals surface area contributed by atoms with Crippen LogP contribution in [0.4, 0.5) is 5.69 Å². The third-order valence-electron chi connectivity index (χ3n) is 5.55. The average molecular weight is 334 g/mol. The summed E-state index contributed by atoms with van der Waals surface area (Å²) in [5, 5.41) is 3.34. The number of carbonyl (C=O) groups is 1. The molecule has 2 aliphatic rings. The Hall–Kier alpha value is -2.29. The van der Waals surface area contributed by atoms with E-state index in [4.69, 9.17) is 0 Å². The molecule has 1 heterocycles. The van der Waals surface area contributed by atoms with Crippen LogP contribution in [0.25, 0.3) is 0 Å². The van der Waals surface area contributed by atoms with Crippen LogP contribution in [-0.4, -0.2) is 18.5 Å². The van der Waals surface area contributed by atoms with E-state index in [0.717, 1.165) is 31.4 Å². The van der Waals surface area contributed by atoms with Crippen LogP contribution in [0.3, 0.4) is 0 Å². The molecule has 1 fully saturated rings. The highest BCUT2D eigenvalue weighted by Crippen LogP contribution is 2.35. The molecule has 2 aromatic rings. The van der Waals surface area contributed by atoms with E-state index in [1.807, 2.05) is 18.2 Å². The molecule has 25 heavy (non-hydrogen) atoms. The molecule has 0 radical (unpaired) electrons. The molecule has 1 aliphatic heterocycles. The standard InChI is InChI=1S/C22H26N2O/c25-22(23-19-12-5-2-6-13-19)21(18-10-3-1-4-11-18)24-16-15-17-9-7-8-14-20(17)24/h1,3-4,7-11,14,19,21H,2,5-6,12-13,15-16H2,(H,23,25)/t21-/m0/s1. The zero-order valence-electron chi connectivity index (χ0n) is 14.7. The molecule has 1 N–H and O–H groups in total. The van der Waals surface area contributed by atoms with E-state index in [2.05, 4.69) is 46.6 Å². The Morgan fingerprint density at radius 1 is 0.960 bits per heavy atom.